The van der Waals surface area contributed by atoms with Gasteiger partial charge in [-0.25, -0.2) is 4.79 Å². The quantitative estimate of drug-likeness (QED) is 0.769. The van der Waals surface area contributed by atoms with E-state index in [9.17, 15) is 4.79 Å². The summed E-state index contributed by atoms with van der Waals surface area (Å²) in [4.78, 5) is 10.9. The van der Waals surface area contributed by atoms with Gasteiger partial charge in [0.1, 0.15) is 5.75 Å². The van der Waals surface area contributed by atoms with Gasteiger partial charge < -0.3 is 14.6 Å². The SMILES string of the molecule is COc1ccc(C(=O)O)cc1COCCC1CCC1. The molecule has 0 spiro atoms. The van der Waals surface area contributed by atoms with Crippen molar-refractivity contribution in [3.63, 3.8) is 0 Å². The van der Waals surface area contributed by atoms with E-state index in [1.54, 1.807) is 25.3 Å². The maximum atomic E-state index is 10.9. The Balaban J connectivity index is 1.88. The molecule has 1 aliphatic carbocycles. The van der Waals surface area contributed by atoms with Crippen molar-refractivity contribution >= 4 is 5.97 Å². The fraction of sp³-hybridized carbons (Fsp3) is 0.533. The molecule has 104 valence electrons. The molecule has 1 aromatic rings. The standard InChI is InChI=1S/C15H20O4/c1-18-14-6-5-12(15(16)17)9-13(14)10-19-8-7-11-3-2-4-11/h5-6,9,11H,2-4,7-8,10H2,1H3,(H,16,17). The van der Waals surface area contributed by atoms with Gasteiger partial charge in [0.2, 0.25) is 0 Å². The Hall–Kier alpha value is -1.55. The van der Waals surface area contributed by atoms with Gasteiger partial charge in [-0.3, -0.25) is 0 Å². The molecular formula is C15H20O4. The Labute approximate surface area is 113 Å². The first-order valence-corrected chi connectivity index (χ1v) is 6.68. The molecule has 0 bridgehead atoms. The third kappa shape index (κ3) is 3.70. The van der Waals surface area contributed by atoms with E-state index >= 15 is 0 Å². The largest absolute Gasteiger partial charge is 0.496 e. The van der Waals surface area contributed by atoms with Gasteiger partial charge in [-0.2, -0.15) is 0 Å². The van der Waals surface area contributed by atoms with Crippen LogP contribution in [0.1, 0.15) is 41.6 Å². The average Bonchev–Trinajstić information content (AvgIpc) is 2.36. The number of carboxylic acids is 1. The Morgan fingerprint density at radius 2 is 2.21 bits per heavy atom. The number of carbonyl (C=O) groups is 1. The Morgan fingerprint density at radius 3 is 2.79 bits per heavy atom. The van der Waals surface area contributed by atoms with E-state index in [2.05, 4.69) is 0 Å². The molecule has 0 heterocycles. The van der Waals surface area contributed by atoms with Crippen LogP contribution in [0, 0.1) is 5.92 Å². The highest BCUT2D eigenvalue weighted by atomic mass is 16.5. The Kier molecular flexibility index (Phi) is 4.80. The van der Waals surface area contributed by atoms with Crippen LogP contribution in [0.25, 0.3) is 0 Å². The minimum absolute atomic E-state index is 0.262. The number of hydrogen-bond acceptors (Lipinski definition) is 3. The zero-order valence-corrected chi connectivity index (χ0v) is 11.2. The van der Waals surface area contributed by atoms with Gasteiger partial charge in [0.15, 0.2) is 0 Å². The molecule has 4 heteroatoms. The Morgan fingerprint density at radius 1 is 1.42 bits per heavy atom. The smallest absolute Gasteiger partial charge is 0.335 e. The second kappa shape index (κ2) is 6.57. The fourth-order valence-corrected chi connectivity index (χ4v) is 2.24. The first kappa shape index (κ1) is 13.9. The summed E-state index contributed by atoms with van der Waals surface area (Å²) in [7, 11) is 1.58. The van der Waals surface area contributed by atoms with E-state index in [1.807, 2.05) is 0 Å². The lowest BCUT2D eigenvalue weighted by Gasteiger charge is -2.24. The Bertz CT molecular complexity index is 438. The van der Waals surface area contributed by atoms with Crippen molar-refractivity contribution in [3.8, 4) is 5.75 Å². The molecule has 0 amide bonds. The molecule has 0 atom stereocenters. The van der Waals surface area contributed by atoms with Crippen molar-refractivity contribution in [2.75, 3.05) is 13.7 Å². The van der Waals surface area contributed by atoms with Crippen molar-refractivity contribution in [1.82, 2.24) is 0 Å². The van der Waals surface area contributed by atoms with E-state index in [-0.39, 0.29) is 5.56 Å². The lowest BCUT2D eigenvalue weighted by Crippen LogP contribution is -2.13. The fourth-order valence-electron chi connectivity index (χ4n) is 2.24. The summed E-state index contributed by atoms with van der Waals surface area (Å²) in [5, 5.41) is 8.98. The molecule has 2 rings (SSSR count). The van der Waals surface area contributed by atoms with Crippen LogP contribution in [0.5, 0.6) is 5.75 Å². The molecule has 1 saturated carbocycles. The molecule has 0 saturated heterocycles. The van der Waals surface area contributed by atoms with E-state index in [4.69, 9.17) is 14.6 Å². The summed E-state index contributed by atoms with van der Waals surface area (Å²) < 4.78 is 10.8. The van der Waals surface area contributed by atoms with Crippen molar-refractivity contribution in [1.29, 1.82) is 0 Å². The highest BCUT2D eigenvalue weighted by Crippen LogP contribution is 2.29. The molecule has 19 heavy (non-hydrogen) atoms. The van der Waals surface area contributed by atoms with Crippen LogP contribution in [0.3, 0.4) is 0 Å². The number of rotatable bonds is 7. The second-order valence-corrected chi connectivity index (χ2v) is 4.97. The van der Waals surface area contributed by atoms with Gasteiger partial charge in [-0.05, 0) is 30.5 Å². The second-order valence-electron chi connectivity index (χ2n) is 4.97. The normalized spacial score (nSPS) is 15.0. The van der Waals surface area contributed by atoms with Gasteiger partial charge in [0.05, 0.1) is 19.3 Å². The molecule has 0 aromatic heterocycles. The predicted molar refractivity (Wildman–Crippen MR) is 71.6 cm³/mol. The third-order valence-electron chi connectivity index (χ3n) is 3.68. The molecular weight excluding hydrogens is 244 g/mol. The minimum atomic E-state index is -0.932. The monoisotopic (exact) mass is 264 g/mol. The van der Waals surface area contributed by atoms with Crippen molar-refractivity contribution in [3.05, 3.63) is 29.3 Å². The summed E-state index contributed by atoms with van der Waals surface area (Å²) in [5.41, 5.74) is 1.05. The number of hydrogen-bond donors (Lipinski definition) is 1. The molecule has 1 N–H and O–H groups in total. The predicted octanol–water partition coefficient (Wildman–Crippen LogP) is 3.10. The summed E-state index contributed by atoms with van der Waals surface area (Å²) in [5.74, 6) is 0.569. The lowest BCUT2D eigenvalue weighted by atomic mass is 9.83. The van der Waals surface area contributed by atoms with E-state index < -0.39 is 5.97 Å². The van der Waals surface area contributed by atoms with Gasteiger partial charge >= 0.3 is 5.97 Å². The van der Waals surface area contributed by atoms with Crippen LogP contribution in [0.15, 0.2) is 18.2 Å². The van der Waals surface area contributed by atoms with Gasteiger partial charge in [-0.1, -0.05) is 19.3 Å². The van der Waals surface area contributed by atoms with Crippen LogP contribution in [0.2, 0.25) is 0 Å². The van der Waals surface area contributed by atoms with Gasteiger partial charge in [0.25, 0.3) is 0 Å². The van der Waals surface area contributed by atoms with Crippen LogP contribution in [0.4, 0.5) is 0 Å². The summed E-state index contributed by atoms with van der Waals surface area (Å²) in [6.07, 6.45) is 5.09. The maximum absolute atomic E-state index is 10.9. The number of ether oxygens (including phenoxy) is 2. The van der Waals surface area contributed by atoms with E-state index in [1.165, 1.54) is 19.3 Å². The molecule has 1 fully saturated rings. The van der Waals surface area contributed by atoms with E-state index in [0.29, 0.717) is 12.4 Å². The minimum Gasteiger partial charge on any atom is -0.496 e. The van der Waals surface area contributed by atoms with Crippen LogP contribution >= 0.6 is 0 Å². The number of methoxy groups -OCH3 is 1. The van der Waals surface area contributed by atoms with Gasteiger partial charge in [-0.15, -0.1) is 0 Å². The number of aromatic carboxylic acids is 1. The van der Waals surface area contributed by atoms with Crippen LogP contribution in [-0.4, -0.2) is 24.8 Å². The zero-order valence-electron chi connectivity index (χ0n) is 11.2. The summed E-state index contributed by atoms with van der Waals surface area (Å²) in [6, 6.07) is 4.83. The number of benzene rings is 1. The molecule has 0 unspecified atom stereocenters. The third-order valence-corrected chi connectivity index (χ3v) is 3.68. The first-order chi connectivity index (χ1) is 9.20. The summed E-state index contributed by atoms with van der Waals surface area (Å²) in [6.45, 7) is 1.13. The molecule has 1 aromatic carbocycles. The zero-order chi connectivity index (χ0) is 13.7. The summed E-state index contributed by atoms with van der Waals surface area (Å²) >= 11 is 0. The van der Waals surface area contributed by atoms with E-state index in [0.717, 1.165) is 24.5 Å². The van der Waals surface area contributed by atoms with Crippen molar-refractivity contribution in [2.24, 2.45) is 5.92 Å². The highest BCUT2D eigenvalue weighted by Gasteiger charge is 2.16. The van der Waals surface area contributed by atoms with Crippen molar-refractivity contribution < 1.29 is 19.4 Å². The lowest BCUT2D eigenvalue weighted by molar-refractivity contribution is 0.0696. The van der Waals surface area contributed by atoms with Gasteiger partial charge in [0, 0.05) is 12.2 Å². The van der Waals surface area contributed by atoms with Crippen LogP contribution < -0.4 is 4.74 Å². The number of carboxylic acid groups (broad SMARTS) is 1. The molecule has 4 nitrogen and oxygen atoms in total. The molecule has 0 radical (unpaired) electrons. The topological polar surface area (TPSA) is 55.8 Å². The molecule has 0 aliphatic heterocycles. The highest BCUT2D eigenvalue weighted by molar-refractivity contribution is 5.88. The maximum Gasteiger partial charge on any atom is 0.335 e. The average molecular weight is 264 g/mol. The van der Waals surface area contributed by atoms with Crippen LogP contribution in [-0.2, 0) is 11.3 Å². The van der Waals surface area contributed by atoms with Crippen molar-refractivity contribution in [2.45, 2.75) is 32.3 Å². The first-order valence-electron chi connectivity index (χ1n) is 6.68. The molecule has 1 aliphatic rings.